The first-order chi connectivity index (χ1) is 53.6. The number of piperazine rings is 3. The standard InChI is InChI=1S/C28H29F3N6O2S.C27H30N6O2S.C25H26F3N5O2S/c1-4-10-36-11-13-37(14-12-36)27-33-17-24(26(34-27)39-18-19-6-5-7-20(15-19)35(2)3)40-21-8-9-22(25(32)38)23(16-21)28(29,30)31;1-4-12-32-13-15-33(16-14-32)27-29-18-24(36-23-10-8-21(9-11-23)25(28)34)26(30-27)35-19-20-6-5-7-22(17-20)31(2)3;1-16-4-3-5-17(12-16)15-35-23-21(14-30-24(31-23)33-10-8-32(2)9-11-33)36-18-6-7-19(22(29)34)20(13-18)25(26,27)28/h1,5-9,15-17H,10-14,18H2,2-3H3,(H2,32,38);1,5-11,17-18H,12-16,19H2,2-3H3,(H2,28,34);3-7,12-14H,8-11,15H2,1-2H3,(H2,29,34). The largest absolute Gasteiger partial charge is 0.472 e. The predicted octanol–water partition coefficient (Wildman–Crippen LogP) is 11.7. The van der Waals surface area contributed by atoms with E-state index in [-0.39, 0.29) is 34.8 Å². The summed E-state index contributed by atoms with van der Waals surface area (Å²) in [6.07, 6.45) is 6.32. The summed E-state index contributed by atoms with van der Waals surface area (Å²) in [5.74, 6) is 5.26. The molecular formula is C80H85F6N17O6S3. The zero-order valence-corrected chi connectivity index (χ0v) is 65.0. The van der Waals surface area contributed by atoms with Crippen LogP contribution in [0.25, 0.3) is 0 Å². The number of hydrogen-bond acceptors (Lipinski definition) is 23. The molecule has 23 nitrogen and oxygen atoms in total. The lowest BCUT2D eigenvalue weighted by molar-refractivity contribution is -0.138. The molecule has 6 aromatic carbocycles. The first-order valence-corrected chi connectivity index (χ1v) is 37.8. The van der Waals surface area contributed by atoms with E-state index in [0.717, 1.165) is 157 Å². The Bertz CT molecular complexity index is 4830. The lowest BCUT2D eigenvalue weighted by Crippen LogP contribution is -2.47. The van der Waals surface area contributed by atoms with Crippen LogP contribution in [-0.2, 0) is 32.2 Å². The third-order valence-electron chi connectivity index (χ3n) is 17.9. The molecule has 0 atom stereocenters. The number of carbonyl (C=O) groups excluding carboxylic acids is 3. The molecule has 0 saturated carbocycles. The Morgan fingerprint density at radius 1 is 0.464 bits per heavy atom. The summed E-state index contributed by atoms with van der Waals surface area (Å²) in [7, 11) is 9.95. The number of primary amides is 3. The smallest absolute Gasteiger partial charge is 0.417 e. The van der Waals surface area contributed by atoms with Crippen LogP contribution in [0.15, 0.2) is 181 Å². The molecule has 12 rings (SSSR count). The Hall–Kier alpha value is -11.0. The van der Waals surface area contributed by atoms with E-state index in [9.17, 15) is 40.7 Å². The highest BCUT2D eigenvalue weighted by Crippen LogP contribution is 2.42. The van der Waals surface area contributed by atoms with Gasteiger partial charge in [-0.3, -0.25) is 24.2 Å². The Balaban J connectivity index is 0.000000179. The monoisotopic (exact) mass is 1590 g/mol. The average molecular weight is 1590 g/mol. The van der Waals surface area contributed by atoms with Crippen LogP contribution in [0.1, 0.15) is 64.5 Å². The average Bonchev–Trinajstić information content (AvgIpc) is 0.794. The zero-order valence-electron chi connectivity index (χ0n) is 62.5. The van der Waals surface area contributed by atoms with Crippen LogP contribution in [0.4, 0.5) is 55.6 Å². The second-order valence-corrected chi connectivity index (χ2v) is 29.9. The van der Waals surface area contributed by atoms with Gasteiger partial charge >= 0.3 is 12.4 Å². The minimum absolute atomic E-state index is 0.191. The van der Waals surface area contributed by atoms with Gasteiger partial charge in [-0.1, -0.05) is 101 Å². The van der Waals surface area contributed by atoms with Gasteiger partial charge in [0.05, 0.1) is 68.6 Å². The highest BCUT2D eigenvalue weighted by molar-refractivity contribution is 8.00. The molecule has 3 fully saturated rings. The van der Waals surface area contributed by atoms with E-state index in [1.807, 2.05) is 125 Å². The second kappa shape index (κ2) is 38.8. The number of ether oxygens (including phenoxy) is 3. The van der Waals surface area contributed by atoms with Gasteiger partial charge in [0.15, 0.2) is 0 Å². The van der Waals surface area contributed by atoms with Crippen LogP contribution in [0, 0.1) is 31.6 Å². The molecule has 112 heavy (non-hydrogen) atoms. The molecule has 9 aromatic rings. The van der Waals surface area contributed by atoms with Gasteiger partial charge in [-0.2, -0.15) is 41.3 Å². The number of amides is 3. The van der Waals surface area contributed by atoms with Gasteiger partial charge < -0.3 is 60.8 Å². The number of anilines is 5. The summed E-state index contributed by atoms with van der Waals surface area (Å²) in [5, 5.41) is 0. The van der Waals surface area contributed by atoms with Gasteiger partial charge in [0, 0.05) is 138 Å². The van der Waals surface area contributed by atoms with E-state index in [4.69, 9.17) is 49.2 Å². The summed E-state index contributed by atoms with van der Waals surface area (Å²) >= 11 is 3.52. The van der Waals surface area contributed by atoms with Crippen molar-refractivity contribution in [3.05, 3.63) is 202 Å². The third-order valence-corrected chi connectivity index (χ3v) is 20.9. The van der Waals surface area contributed by atoms with Crippen molar-refractivity contribution in [2.45, 2.75) is 68.5 Å². The fourth-order valence-corrected chi connectivity index (χ4v) is 14.3. The van der Waals surface area contributed by atoms with E-state index < -0.39 is 52.3 Å². The number of halogens is 6. The molecule has 0 radical (unpaired) electrons. The number of likely N-dealkylation sites (N-methyl/N-ethyl adjacent to an activating group) is 1. The summed E-state index contributed by atoms with van der Waals surface area (Å²) in [6.45, 7) is 13.4. The van der Waals surface area contributed by atoms with Gasteiger partial charge in [-0.25, -0.2) is 15.0 Å². The van der Waals surface area contributed by atoms with E-state index in [0.29, 0.717) is 71.9 Å². The Kier molecular flexibility index (Phi) is 28.9. The molecule has 0 spiro atoms. The van der Waals surface area contributed by atoms with Crippen molar-refractivity contribution < 1.29 is 54.9 Å². The second-order valence-electron chi connectivity index (χ2n) is 26.6. The molecule has 0 bridgehead atoms. The van der Waals surface area contributed by atoms with Crippen molar-refractivity contribution in [2.24, 2.45) is 17.2 Å². The summed E-state index contributed by atoms with van der Waals surface area (Å²) in [4.78, 5) is 82.2. The molecule has 3 aromatic heterocycles. The van der Waals surface area contributed by atoms with Crippen molar-refractivity contribution >= 4 is 82.2 Å². The van der Waals surface area contributed by atoms with Crippen LogP contribution in [-0.4, -0.2) is 189 Å². The fourth-order valence-electron chi connectivity index (χ4n) is 11.7. The molecule has 0 aliphatic carbocycles. The molecular weight excluding hydrogens is 1510 g/mol. The maximum absolute atomic E-state index is 13.6. The van der Waals surface area contributed by atoms with E-state index in [1.54, 1.807) is 30.7 Å². The van der Waals surface area contributed by atoms with Crippen molar-refractivity contribution in [1.29, 1.82) is 0 Å². The SMILES string of the molecule is C#CCN1CCN(c2ncc(Sc3ccc(C(N)=O)c(C(F)(F)F)c3)c(OCc3cccc(N(C)C)c3)n2)CC1.C#CCN1CCN(c2ncc(Sc3ccc(C(N)=O)cc3)c(OCc3cccc(N(C)C)c3)n2)CC1.Cc1cccc(COc2nc(N3CCN(C)CC3)ncc2Sc2ccc(C(N)=O)c(C(F)(F)F)c2)c1. The maximum atomic E-state index is 13.6. The Morgan fingerprint density at radius 3 is 1.15 bits per heavy atom. The highest BCUT2D eigenvalue weighted by atomic mass is 32.2. The summed E-state index contributed by atoms with van der Waals surface area (Å²) in [5.41, 5.74) is 18.9. The van der Waals surface area contributed by atoms with Gasteiger partial charge in [0.1, 0.15) is 19.8 Å². The van der Waals surface area contributed by atoms with Crippen molar-refractivity contribution in [1.82, 2.24) is 44.6 Å². The lowest BCUT2D eigenvalue weighted by atomic mass is 10.1. The molecule has 3 aliphatic heterocycles. The predicted molar refractivity (Wildman–Crippen MR) is 424 cm³/mol. The highest BCUT2D eigenvalue weighted by Gasteiger charge is 2.37. The first kappa shape index (κ1) is 83.5. The van der Waals surface area contributed by atoms with Crippen LogP contribution >= 0.6 is 35.3 Å². The van der Waals surface area contributed by atoms with Crippen molar-refractivity contribution in [3.8, 4) is 42.3 Å². The molecule has 3 amide bonds. The quantitative estimate of drug-likeness (QED) is 0.0355. The minimum atomic E-state index is -4.75. The zero-order chi connectivity index (χ0) is 80.2. The van der Waals surface area contributed by atoms with Crippen LogP contribution in [0.3, 0.4) is 0 Å². The maximum Gasteiger partial charge on any atom is 0.417 e. The number of carbonyl (C=O) groups is 3. The molecule has 32 heteroatoms. The fraction of sp³-hybridized carbons (Fsp3) is 0.312. The van der Waals surface area contributed by atoms with Crippen molar-refractivity contribution in [2.75, 3.05) is 151 Å². The van der Waals surface area contributed by atoms with Crippen molar-refractivity contribution in [3.63, 3.8) is 0 Å². The lowest BCUT2D eigenvalue weighted by Gasteiger charge is -2.33. The van der Waals surface area contributed by atoms with Crippen LogP contribution in [0.5, 0.6) is 17.6 Å². The number of terminal acetylenes is 2. The number of nitrogens with two attached hydrogens (primary N) is 3. The Labute approximate surface area is 659 Å². The molecule has 3 aliphatic rings. The van der Waals surface area contributed by atoms with E-state index in [2.05, 4.69) is 78.3 Å². The van der Waals surface area contributed by atoms with E-state index >= 15 is 0 Å². The third kappa shape index (κ3) is 23.5. The summed E-state index contributed by atoms with van der Waals surface area (Å²) in [6, 6.07) is 37.8. The van der Waals surface area contributed by atoms with Gasteiger partial charge in [-0.15, -0.1) is 12.8 Å². The minimum Gasteiger partial charge on any atom is -0.472 e. The Morgan fingerprint density at radius 2 is 0.812 bits per heavy atom. The number of hydrogen-bond donors (Lipinski definition) is 3. The van der Waals surface area contributed by atoms with Gasteiger partial charge in [-0.05, 0) is 116 Å². The number of alkyl halides is 6. The molecule has 586 valence electrons. The number of aryl methyl sites for hydroxylation is 1. The summed E-state index contributed by atoms with van der Waals surface area (Å²) < 4.78 is 100. The number of rotatable bonds is 25. The van der Waals surface area contributed by atoms with Crippen LogP contribution in [0.2, 0.25) is 0 Å². The van der Waals surface area contributed by atoms with Gasteiger partial charge in [0.2, 0.25) is 53.2 Å². The molecule has 6 heterocycles. The number of aromatic nitrogens is 6. The van der Waals surface area contributed by atoms with Gasteiger partial charge in [0.25, 0.3) is 0 Å². The first-order valence-electron chi connectivity index (χ1n) is 35.4. The number of nitrogens with zero attached hydrogens (tertiary/aromatic N) is 14. The van der Waals surface area contributed by atoms with E-state index in [1.165, 1.54) is 23.9 Å². The molecule has 3 saturated heterocycles. The molecule has 6 N–H and O–H groups in total. The molecule has 0 unspecified atom stereocenters. The number of benzene rings is 6. The topological polar surface area (TPSA) is 260 Å². The normalized spacial score (nSPS) is 14.1. The van der Waals surface area contributed by atoms with Crippen LogP contribution < -0.4 is 55.9 Å².